The lowest BCUT2D eigenvalue weighted by molar-refractivity contribution is 0.316. The summed E-state index contributed by atoms with van der Waals surface area (Å²) in [7, 11) is 2.23. The summed E-state index contributed by atoms with van der Waals surface area (Å²) in [6.07, 6.45) is 3.87. The Bertz CT molecular complexity index is 385. The summed E-state index contributed by atoms with van der Waals surface area (Å²) in [6, 6.07) is 9.97. The average molecular weight is 260 g/mol. The van der Waals surface area contributed by atoms with Gasteiger partial charge in [-0.05, 0) is 64.8 Å². The molecule has 1 aromatic carbocycles. The second-order valence-electron chi connectivity index (χ2n) is 6.89. The van der Waals surface area contributed by atoms with Crippen molar-refractivity contribution in [3.8, 4) is 0 Å². The number of benzene rings is 1. The Morgan fingerprint density at radius 3 is 2.21 bits per heavy atom. The molecule has 0 aliphatic heterocycles. The van der Waals surface area contributed by atoms with E-state index in [0.717, 1.165) is 25.6 Å². The maximum absolute atomic E-state index is 3.53. The highest BCUT2D eigenvalue weighted by molar-refractivity contribution is 5.23. The van der Waals surface area contributed by atoms with Gasteiger partial charge in [-0.1, -0.05) is 24.3 Å². The number of rotatable bonds is 6. The molecule has 0 saturated heterocycles. The topological polar surface area (TPSA) is 15.3 Å². The van der Waals surface area contributed by atoms with Crippen molar-refractivity contribution in [2.24, 2.45) is 0 Å². The number of nitrogens with one attached hydrogen (secondary N) is 1. The molecule has 0 atom stereocenters. The van der Waals surface area contributed by atoms with Crippen molar-refractivity contribution in [1.29, 1.82) is 0 Å². The maximum atomic E-state index is 3.53. The van der Waals surface area contributed by atoms with E-state index in [1.165, 1.54) is 24.0 Å². The van der Waals surface area contributed by atoms with E-state index >= 15 is 0 Å². The van der Waals surface area contributed by atoms with Gasteiger partial charge in [-0.15, -0.1) is 0 Å². The fourth-order valence-corrected chi connectivity index (χ4v) is 2.33. The van der Waals surface area contributed by atoms with E-state index in [1.54, 1.807) is 0 Å². The van der Waals surface area contributed by atoms with Gasteiger partial charge in [0.2, 0.25) is 0 Å². The second kappa shape index (κ2) is 6.06. The number of hydrogen-bond acceptors (Lipinski definition) is 2. The molecule has 1 saturated carbocycles. The monoisotopic (exact) mass is 260 g/mol. The lowest BCUT2D eigenvalue weighted by Crippen LogP contribution is -2.37. The first-order valence-corrected chi connectivity index (χ1v) is 7.47. The largest absolute Gasteiger partial charge is 0.312 e. The standard InChI is InChI=1S/C17H28N2/c1-17(2,3)18-12-11-14-5-7-15(8-6-14)13-19(4)16-9-10-16/h5-8,16,18H,9-13H2,1-4H3. The third kappa shape index (κ3) is 5.33. The van der Waals surface area contributed by atoms with E-state index in [1.807, 2.05) is 0 Å². The Morgan fingerprint density at radius 1 is 1.11 bits per heavy atom. The minimum absolute atomic E-state index is 0.215. The summed E-state index contributed by atoms with van der Waals surface area (Å²) in [5, 5.41) is 3.53. The van der Waals surface area contributed by atoms with Gasteiger partial charge < -0.3 is 5.32 Å². The minimum Gasteiger partial charge on any atom is -0.312 e. The molecule has 2 rings (SSSR count). The zero-order valence-electron chi connectivity index (χ0n) is 12.9. The van der Waals surface area contributed by atoms with Crippen molar-refractivity contribution >= 4 is 0 Å². The van der Waals surface area contributed by atoms with E-state index in [9.17, 15) is 0 Å². The van der Waals surface area contributed by atoms with Gasteiger partial charge in [0, 0.05) is 18.1 Å². The highest BCUT2D eigenvalue weighted by Crippen LogP contribution is 2.26. The Kier molecular flexibility index (Phi) is 4.64. The SMILES string of the molecule is CN(Cc1ccc(CCNC(C)(C)C)cc1)C1CC1. The first-order chi connectivity index (χ1) is 8.94. The smallest absolute Gasteiger partial charge is 0.0233 e. The molecule has 0 heterocycles. The van der Waals surface area contributed by atoms with Gasteiger partial charge >= 0.3 is 0 Å². The molecule has 1 fully saturated rings. The van der Waals surface area contributed by atoms with Gasteiger partial charge in [0.15, 0.2) is 0 Å². The van der Waals surface area contributed by atoms with Gasteiger partial charge in [0.1, 0.15) is 0 Å². The molecule has 1 N–H and O–H groups in total. The van der Waals surface area contributed by atoms with Crippen molar-refractivity contribution in [3.63, 3.8) is 0 Å². The lowest BCUT2D eigenvalue weighted by atomic mass is 10.1. The van der Waals surface area contributed by atoms with Gasteiger partial charge in [-0.3, -0.25) is 4.90 Å². The fourth-order valence-electron chi connectivity index (χ4n) is 2.33. The Balaban J connectivity index is 1.77. The molecule has 2 heteroatoms. The van der Waals surface area contributed by atoms with Crippen LogP contribution >= 0.6 is 0 Å². The highest BCUT2D eigenvalue weighted by Gasteiger charge is 2.25. The Hall–Kier alpha value is -0.860. The molecule has 1 aliphatic rings. The Morgan fingerprint density at radius 2 is 1.68 bits per heavy atom. The summed E-state index contributed by atoms with van der Waals surface area (Å²) in [5.74, 6) is 0. The molecule has 0 unspecified atom stereocenters. The molecule has 0 spiro atoms. The van der Waals surface area contributed by atoms with Crippen LogP contribution in [-0.4, -0.2) is 30.1 Å². The van der Waals surface area contributed by atoms with Crippen LogP contribution in [0, 0.1) is 0 Å². The van der Waals surface area contributed by atoms with Crippen molar-refractivity contribution in [1.82, 2.24) is 10.2 Å². The fraction of sp³-hybridized carbons (Fsp3) is 0.647. The van der Waals surface area contributed by atoms with Crippen molar-refractivity contribution < 1.29 is 0 Å². The Labute approximate surface area is 118 Å². The van der Waals surface area contributed by atoms with Crippen LogP contribution in [0.4, 0.5) is 0 Å². The normalized spacial score (nSPS) is 16.1. The van der Waals surface area contributed by atoms with E-state index < -0.39 is 0 Å². The van der Waals surface area contributed by atoms with Gasteiger partial charge in [0.25, 0.3) is 0 Å². The summed E-state index contributed by atoms with van der Waals surface area (Å²) in [4.78, 5) is 2.47. The van der Waals surface area contributed by atoms with Crippen LogP contribution in [0.3, 0.4) is 0 Å². The van der Waals surface area contributed by atoms with Crippen LogP contribution in [0.1, 0.15) is 44.7 Å². The van der Waals surface area contributed by atoms with Crippen LogP contribution in [0.2, 0.25) is 0 Å². The third-order valence-electron chi connectivity index (χ3n) is 3.69. The van der Waals surface area contributed by atoms with Gasteiger partial charge in [-0.2, -0.15) is 0 Å². The summed E-state index contributed by atoms with van der Waals surface area (Å²) < 4.78 is 0. The van der Waals surface area contributed by atoms with Crippen LogP contribution < -0.4 is 5.32 Å². The van der Waals surface area contributed by atoms with Gasteiger partial charge in [-0.25, -0.2) is 0 Å². The predicted molar refractivity (Wildman–Crippen MR) is 82.4 cm³/mol. The maximum Gasteiger partial charge on any atom is 0.0233 e. The second-order valence-corrected chi connectivity index (χ2v) is 6.89. The van der Waals surface area contributed by atoms with Crippen molar-refractivity contribution in [3.05, 3.63) is 35.4 Å². The zero-order valence-corrected chi connectivity index (χ0v) is 12.9. The third-order valence-corrected chi connectivity index (χ3v) is 3.69. The quantitative estimate of drug-likeness (QED) is 0.845. The van der Waals surface area contributed by atoms with Crippen LogP contribution in [0.25, 0.3) is 0 Å². The molecule has 0 aromatic heterocycles. The average Bonchev–Trinajstić information content (AvgIpc) is 3.13. The van der Waals surface area contributed by atoms with E-state index in [2.05, 4.69) is 62.3 Å². The van der Waals surface area contributed by atoms with Crippen LogP contribution in [-0.2, 0) is 13.0 Å². The first kappa shape index (κ1) is 14.5. The van der Waals surface area contributed by atoms with Crippen LogP contribution in [0.15, 0.2) is 24.3 Å². The summed E-state index contributed by atoms with van der Waals surface area (Å²) in [5.41, 5.74) is 3.07. The van der Waals surface area contributed by atoms with Crippen molar-refractivity contribution in [2.75, 3.05) is 13.6 Å². The lowest BCUT2D eigenvalue weighted by Gasteiger charge is -2.20. The molecule has 1 aromatic rings. The van der Waals surface area contributed by atoms with E-state index in [4.69, 9.17) is 0 Å². The highest BCUT2D eigenvalue weighted by atomic mass is 15.1. The predicted octanol–water partition coefficient (Wildman–Crippen LogP) is 3.21. The summed E-state index contributed by atoms with van der Waals surface area (Å²) >= 11 is 0. The van der Waals surface area contributed by atoms with E-state index in [-0.39, 0.29) is 5.54 Å². The van der Waals surface area contributed by atoms with Gasteiger partial charge in [0.05, 0.1) is 0 Å². The molecule has 0 bridgehead atoms. The molecule has 0 amide bonds. The molecular formula is C17H28N2. The molecule has 0 radical (unpaired) electrons. The molecule has 19 heavy (non-hydrogen) atoms. The van der Waals surface area contributed by atoms with Crippen LogP contribution in [0.5, 0.6) is 0 Å². The first-order valence-electron chi connectivity index (χ1n) is 7.47. The number of hydrogen-bond donors (Lipinski definition) is 1. The molecule has 1 aliphatic carbocycles. The number of nitrogens with zero attached hydrogens (tertiary/aromatic N) is 1. The minimum atomic E-state index is 0.215. The summed E-state index contributed by atoms with van der Waals surface area (Å²) in [6.45, 7) is 8.77. The molecule has 2 nitrogen and oxygen atoms in total. The van der Waals surface area contributed by atoms with E-state index in [0.29, 0.717) is 0 Å². The molecular weight excluding hydrogens is 232 g/mol. The zero-order chi connectivity index (χ0) is 13.9. The van der Waals surface area contributed by atoms with Crippen molar-refractivity contribution in [2.45, 2.75) is 58.2 Å². The molecule has 106 valence electrons.